The van der Waals surface area contributed by atoms with Gasteiger partial charge in [-0.25, -0.2) is 0 Å². The van der Waals surface area contributed by atoms with E-state index in [-0.39, 0.29) is 24.5 Å². The summed E-state index contributed by atoms with van der Waals surface area (Å²) in [6, 6.07) is 14.3. The second kappa shape index (κ2) is 12.7. The average molecular weight is 442 g/mol. The molecule has 172 valence electrons. The lowest BCUT2D eigenvalue weighted by atomic mass is 10.1. The van der Waals surface area contributed by atoms with E-state index in [2.05, 4.69) is 16.0 Å². The Morgan fingerprint density at radius 3 is 2.69 bits per heavy atom. The Kier molecular flexibility index (Phi) is 9.34. The number of hydrogen-bond donors (Lipinski definition) is 3. The number of anilines is 2. The lowest BCUT2D eigenvalue weighted by Gasteiger charge is -2.12. The summed E-state index contributed by atoms with van der Waals surface area (Å²) in [6.07, 6.45) is 2.08. The first-order valence-corrected chi connectivity index (χ1v) is 11.0. The fourth-order valence-corrected chi connectivity index (χ4v) is 3.27. The zero-order chi connectivity index (χ0) is 22.6. The van der Waals surface area contributed by atoms with E-state index in [9.17, 15) is 9.59 Å². The van der Waals surface area contributed by atoms with E-state index in [0.717, 1.165) is 30.9 Å². The second-order valence-corrected chi connectivity index (χ2v) is 7.40. The molecule has 0 aliphatic carbocycles. The van der Waals surface area contributed by atoms with Gasteiger partial charge in [-0.2, -0.15) is 0 Å². The molecule has 1 aliphatic rings. The minimum atomic E-state index is -0.209. The number of carbonyl (C=O) groups excluding carboxylic acids is 2. The van der Waals surface area contributed by atoms with E-state index in [1.165, 1.54) is 0 Å². The number of ether oxygens (including phenoxy) is 3. The predicted octanol–water partition coefficient (Wildman–Crippen LogP) is 3.06. The van der Waals surface area contributed by atoms with E-state index in [1.54, 1.807) is 24.3 Å². The summed E-state index contributed by atoms with van der Waals surface area (Å²) in [7, 11) is 0. The monoisotopic (exact) mass is 441 g/mol. The van der Waals surface area contributed by atoms with E-state index >= 15 is 0 Å². The van der Waals surface area contributed by atoms with Gasteiger partial charge < -0.3 is 30.2 Å². The maximum atomic E-state index is 12.4. The number of hydrogen-bond acceptors (Lipinski definition) is 6. The normalized spacial score (nSPS) is 15.2. The lowest BCUT2D eigenvalue weighted by Crippen LogP contribution is -2.31. The van der Waals surface area contributed by atoms with Gasteiger partial charge in [-0.15, -0.1) is 0 Å². The largest absolute Gasteiger partial charge is 0.491 e. The van der Waals surface area contributed by atoms with Crippen molar-refractivity contribution in [3.05, 3.63) is 54.1 Å². The van der Waals surface area contributed by atoms with E-state index in [1.807, 2.05) is 31.2 Å². The van der Waals surface area contributed by atoms with Crippen LogP contribution in [0.3, 0.4) is 0 Å². The highest BCUT2D eigenvalue weighted by Gasteiger charge is 2.17. The molecule has 1 aliphatic heterocycles. The topological polar surface area (TPSA) is 97.9 Å². The zero-order valence-corrected chi connectivity index (χ0v) is 18.4. The predicted molar refractivity (Wildman–Crippen MR) is 123 cm³/mol. The van der Waals surface area contributed by atoms with Crippen molar-refractivity contribution in [2.45, 2.75) is 25.9 Å². The highest BCUT2D eigenvalue weighted by molar-refractivity contribution is 5.98. The number of rotatable bonds is 12. The quantitative estimate of drug-likeness (QED) is 0.438. The van der Waals surface area contributed by atoms with Crippen LogP contribution in [0.15, 0.2) is 48.5 Å². The summed E-state index contributed by atoms with van der Waals surface area (Å²) < 4.78 is 16.3. The molecule has 0 saturated carbocycles. The minimum Gasteiger partial charge on any atom is -0.491 e. The van der Waals surface area contributed by atoms with E-state index in [4.69, 9.17) is 14.2 Å². The van der Waals surface area contributed by atoms with E-state index < -0.39 is 0 Å². The molecule has 8 heteroatoms. The van der Waals surface area contributed by atoms with Crippen molar-refractivity contribution in [1.29, 1.82) is 0 Å². The first-order chi connectivity index (χ1) is 15.6. The molecule has 32 heavy (non-hydrogen) atoms. The molecular weight excluding hydrogens is 410 g/mol. The van der Waals surface area contributed by atoms with Crippen LogP contribution in [0, 0.1) is 0 Å². The maximum Gasteiger partial charge on any atom is 0.251 e. The van der Waals surface area contributed by atoms with Crippen molar-refractivity contribution < 1.29 is 23.8 Å². The third-order valence-electron chi connectivity index (χ3n) is 4.93. The molecule has 2 aromatic carbocycles. The van der Waals surface area contributed by atoms with Gasteiger partial charge in [-0.05, 0) is 62.2 Å². The Labute approximate surface area is 188 Å². The molecule has 2 aromatic rings. The van der Waals surface area contributed by atoms with Gasteiger partial charge in [-0.1, -0.05) is 6.07 Å². The molecular formula is C24H31N3O5. The summed E-state index contributed by atoms with van der Waals surface area (Å²) in [4.78, 5) is 24.7. The Morgan fingerprint density at radius 1 is 1.09 bits per heavy atom. The third-order valence-corrected chi connectivity index (χ3v) is 4.93. The Hall–Kier alpha value is -3.10. The standard InChI is InChI=1S/C24H31N3O5/c1-2-30-13-14-32-21-10-8-19(9-11-21)25-17-23(28)27-20-6-3-5-18(15-20)24(29)26-16-22-7-4-12-31-22/h3,5-6,8-11,15,22,25H,2,4,7,12-14,16-17H2,1H3,(H,26,29)(H,27,28). The molecule has 1 fully saturated rings. The first kappa shape index (κ1) is 23.6. The van der Waals surface area contributed by atoms with E-state index in [0.29, 0.717) is 37.6 Å². The number of benzene rings is 2. The summed E-state index contributed by atoms with van der Waals surface area (Å²) >= 11 is 0. The fourth-order valence-electron chi connectivity index (χ4n) is 3.27. The fraction of sp³-hybridized carbons (Fsp3) is 0.417. The van der Waals surface area contributed by atoms with Crippen molar-refractivity contribution in [3.63, 3.8) is 0 Å². The molecule has 0 bridgehead atoms. The van der Waals surface area contributed by atoms with Crippen LogP contribution in [-0.4, -0.2) is 57.4 Å². The lowest BCUT2D eigenvalue weighted by molar-refractivity contribution is -0.114. The summed E-state index contributed by atoms with van der Waals surface area (Å²) in [5, 5.41) is 8.77. The van der Waals surface area contributed by atoms with Gasteiger partial charge in [0.15, 0.2) is 0 Å². The van der Waals surface area contributed by atoms with Gasteiger partial charge in [0.2, 0.25) is 5.91 Å². The van der Waals surface area contributed by atoms with Crippen LogP contribution in [0.2, 0.25) is 0 Å². The zero-order valence-electron chi connectivity index (χ0n) is 18.4. The highest BCUT2D eigenvalue weighted by atomic mass is 16.5. The van der Waals surface area contributed by atoms with Crippen LogP contribution in [0.1, 0.15) is 30.1 Å². The van der Waals surface area contributed by atoms with Crippen LogP contribution in [-0.2, 0) is 14.3 Å². The molecule has 0 radical (unpaired) electrons. The Bertz CT molecular complexity index is 866. The van der Waals surface area contributed by atoms with Gasteiger partial charge in [0.25, 0.3) is 5.91 Å². The highest BCUT2D eigenvalue weighted by Crippen LogP contribution is 2.16. The molecule has 1 atom stereocenters. The van der Waals surface area contributed by atoms with Crippen molar-refractivity contribution in [2.75, 3.05) is 50.2 Å². The molecule has 0 aromatic heterocycles. The van der Waals surface area contributed by atoms with Crippen LogP contribution in [0.4, 0.5) is 11.4 Å². The molecule has 1 saturated heterocycles. The smallest absolute Gasteiger partial charge is 0.251 e. The number of carbonyl (C=O) groups is 2. The van der Waals surface area contributed by atoms with Gasteiger partial charge in [0, 0.05) is 36.7 Å². The molecule has 2 amide bonds. The molecule has 1 unspecified atom stereocenters. The molecule has 8 nitrogen and oxygen atoms in total. The van der Waals surface area contributed by atoms with Crippen LogP contribution in [0.5, 0.6) is 5.75 Å². The SMILES string of the molecule is CCOCCOc1ccc(NCC(=O)Nc2cccc(C(=O)NCC3CCCO3)c2)cc1. The number of nitrogens with one attached hydrogen (secondary N) is 3. The Morgan fingerprint density at radius 2 is 1.94 bits per heavy atom. The molecule has 0 spiro atoms. The Balaban J connectivity index is 1.41. The third kappa shape index (κ3) is 7.86. The van der Waals surface area contributed by atoms with Crippen LogP contribution < -0.4 is 20.7 Å². The van der Waals surface area contributed by atoms with Crippen LogP contribution >= 0.6 is 0 Å². The average Bonchev–Trinajstić information content (AvgIpc) is 3.34. The van der Waals surface area contributed by atoms with Crippen molar-refractivity contribution in [3.8, 4) is 5.75 Å². The van der Waals surface area contributed by atoms with Crippen molar-refractivity contribution in [2.24, 2.45) is 0 Å². The van der Waals surface area contributed by atoms with Crippen molar-refractivity contribution >= 4 is 23.2 Å². The maximum absolute atomic E-state index is 12.4. The van der Waals surface area contributed by atoms with Crippen LogP contribution in [0.25, 0.3) is 0 Å². The summed E-state index contributed by atoms with van der Waals surface area (Å²) in [5.74, 6) is 0.353. The van der Waals surface area contributed by atoms with Gasteiger partial charge in [0.1, 0.15) is 12.4 Å². The van der Waals surface area contributed by atoms with Gasteiger partial charge >= 0.3 is 0 Å². The summed E-state index contributed by atoms with van der Waals surface area (Å²) in [6.45, 7) is 5.00. The molecule has 1 heterocycles. The minimum absolute atomic E-state index is 0.0867. The van der Waals surface area contributed by atoms with Crippen molar-refractivity contribution in [1.82, 2.24) is 5.32 Å². The second-order valence-electron chi connectivity index (χ2n) is 7.40. The van der Waals surface area contributed by atoms with Gasteiger partial charge in [0.05, 0.1) is 19.3 Å². The van der Waals surface area contributed by atoms with Gasteiger partial charge in [-0.3, -0.25) is 9.59 Å². The first-order valence-electron chi connectivity index (χ1n) is 11.0. The molecule has 3 rings (SSSR count). The molecule has 3 N–H and O–H groups in total. The summed E-state index contributed by atoms with van der Waals surface area (Å²) in [5.41, 5.74) is 1.87. The number of amides is 2.